The third-order valence-corrected chi connectivity index (χ3v) is 4.84. The van der Waals surface area contributed by atoms with E-state index < -0.39 is 0 Å². The number of carbonyl (C=O) groups excluding carboxylic acids is 1. The molecular formula is C16H19N3OS. The molecule has 0 saturated heterocycles. The summed E-state index contributed by atoms with van der Waals surface area (Å²) in [6.07, 6.45) is 1.04. The summed E-state index contributed by atoms with van der Waals surface area (Å²) in [5.74, 6) is 0.0110. The van der Waals surface area contributed by atoms with Crippen LogP contribution in [0.25, 0.3) is 0 Å². The number of nitrogen functional groups attached to an aromatic ring is 1. The van der Waals surface area contributed by atoms with Gasteiger partial charge in [-0.05, 0) is 48.1 Å². The number of nitrogens with two attached hydrogens (primary N) is 1. The second kappa shape index (κ2) is 5.87. The Labute approximate surface area is 128 Å². The van der Waals surface area contributed by atoms with Gasteiger partial charge in [-0.25, -0.2) is 0 Å². The molecular weight excluding hydrogens is 282 g/mol. The van der Waals surface area contributed by atoms with Crippen molar-refractivity contribution in [1.82, 2.24) is 4.90 Å². The minimum atomic E-state index is 0.0110. The number of anilines is 2. The van der Waals surface area contributed by atoms with Gasteiger partial charge in [-0.1, -0.05) is 6.07 Å². The molecule has 3 rings (SSSR count). The predicted octanol–water partition coefficient (Wildman–Crippen LogP) is 2.64. The fourth-order valence-electron chi connectivity index (χ4n) is 2.56. The van der Waals surface area contributed by atoms with Crippen LogP contribution in [0.4, 0.5) is 11.4 Å². The SMILES string of the molecule is Cc1ccc(NC(=O)CN2CCc3sccc3C2)cc1N. The van der Waals surface area contributed by atoms with Crippen molar-refractivity contribution >= 4 is 28.6 Å². The summed E-state index contributed by atoms with van der Waals surface area (Å²) in [4.78, 5) is 15.8. The van der Waals surface area contributed by atoms with Gasteiger partial charge in [0.05, 0.1) is 6.54 Å². The Morgan fingerprint density at radius 3 is 3.10 bits per heavy atom. The number of aryl methyl sites for hydroxylation is 1. The third kappa shape index (κ3) is 3.25. The lowest BCUT2D eigenvalue weighted by atomic mass is 10.1. The third-order valence-electron chi connectivity index (χ3n) is 3.82. The zero-order valence-corrected chi connectivity index (χ0v) is 12.9. The molecule has 0 saturated carbocycles. The minimum Gasteiger partial charge on any atom is -0.398 e. The van der Waals surface area contributed by atoms with E-state index in [9.17, 15) is 4.79 Å². The standard InChI is InChI=1S/C16H19N3OS/c1-11-2-3-13(8-14(11)17)18-16(20)10-19-6-4-15-12(9-19)5-7-21-15/h2-3,5,7-8H,4,6,9-10,17H2,1H3,(H,18,20). The van der Waals surface area contributed by atoms with E-state index in [4.69, 9.17) is 5.73 Å². The van der Waals surface area contributed by atoms with Crippen LogP contribution < -0.4 is 11.1 Å². The first-order chi connectivity index (χ1) is 10.1. The number of carbonyl (C=O) groups is 1. The van der Waals surface area contributed by atoms with Gasteiger partial charge < -0.3 is 11.1 Å². The molecule has 4 nitrogen and oxygen atoms in total. The number of hydrogen-bond donors (Lipinski definition) is 2. The molecule has 1 aromatic carbocycles. The van der Waals surface area contributed by atoms with E-state index in [0.29, 0.717) is 12.2 Å². The number of hydrogen-bond acceptors (Lipinski definition) is 4. The largest absolute Gasteiger partial charge is 0.398 e. The second-order valence-corrected chi connectivity index (χ2v) is 6.45. The molecule has 3 N–H and O–H groups in total. The summed E-state index contributed by atoms with van der Waals surface area (Å²) in [6.45, 7) is 4.18. The van der Waals surface area contributed by atoms with Crippen LogP contribution >= 0.6 is 11.3 Å². The topological polar surface area (TPSA) is 58.4 Å². The van der Waals surface area contributed by atoms with Crippen LogP contribution in [0.15, 0.2) is 29.6 Å². The van der Waals surface area contributed by atoms with Crippen LogP contribution in [0, 0.1) is 6.92 Å². The average molecular weight is 301 g/mol. The molecule has 0 unspecified atom stereocenters. The van der Waals surface area contributed by atoms with Crippen molar-refractivity contribution in [3.8, 4) is 0 Å². The van der Waals surface area contributed by atoms with Crippen molar-refractivity contribution < 1.29 is 4.79 Å². The van der Waals surface area contributed by atoms with Crippen molar-refractivity contribution in [3.05, 3.63) is 45.6 Å². The number of nitrogens with zero attached hydrogens (tertiary/aromatic N) is 1. The first kappa shape index (κ1) is 14.1. The molecule has 0 aliphatic carbocycles. The lowest BCUT2D eigenvalue weighted by molar-refractivity contribution is -0.117. The molecule has 0 bridgehead atoms. The van der Waals surface area contributed by atoms with E-state index in [0.717, 1.165) is 30.8 Å². The van der Waals surface area contributed by atoms with E-state index in [-0.39, 0.29) is 5.91 Å². The highest BCUT2D eigenvalue weighted by Crippen LogP contribution is 2.24. The summed E-state index contributed by atoms with van der Waals surface area (Å²) in [5, 5.41) is 5.05. The first-order valence-corrected chi connectivity index (χ1v) is 7.93. The van der Waals surface area contributed by atoms with Crippen LogP contribution in [-0.2, 0) is 17.8 Å². The normalized spacial score (nSPS) is 14.7. The molecule has 21 heavy (non-hydrogen) atoms. The molecule has 0 radical (unpaired) electrons. The van der Waals surface area contributed by atoms with E-state index in [1.54, 1.807) is 6.07 Å². The molecule has 5 heteroatoms. The van der Waals surface area contributed by atoms with Gasteiger partial charge in [0.25, 0.3) is 0 Å². The van der Waals surface area contributed by atoms with Gasteiger partial charge in [-0.15, -0.1) is 11.3 Å². The number of fused-ring (bicyclic) bond motifs is 1. The maximum absolute atomic E-state index is 12.1. The van der Waals surface area contributed by atoms with Crippen LogP contribution in [0.3, 0.4) is 0 Å². The Balaban J connectivity index is 1.58. The maximum atomic E-state index is 12.1. The van der Waals surface area contributed by atoms with Crippen LogP contribution in [-0.4, -0.2) is 23.9 Å². The van der Waals surface area contributed by atoms with Crippen LogP contribution in [0.5, 0.6) is 0 Å². The lowest BCUT2D eigenvalue weighted by Crippen LogP contribution is -2.36. The number of thiophene rings is 1. The van der Waals surface area contributed by atoms with Crippen molar-refractivity contribution in [2.75, 3.05) is 24.1 Å². The van der Waals surface area contributed by atoms with E-state index in [1.165, 1.54) is 10.4 Å². The van der Waals surface area contributed by atoms with E-state index >= 15 is 0 Å². The highest BCUT2D eigenvalue weighted by molar-refractivity contribution is 7.10. The minimum absolute atomic E-state index is 0.0110. The molecule has 110 valence electrons. The Morgan fingerprint density at radius 2 is 2.29 bits per heavy atom. The van der Waals surface area contributed by atoms with Crippen LogP contribution in [0.2, 0.25) is 0 Å². The number of amides is 1. The number of benzene rings is 1. The Morgan fingerprint density at radius 1 is 1.43 bits per heavy atom. The maximum Gasteiger partial charge on any atom is 0.238 e. The van der Waals surface area contributed by atoms with Crippen LogP contribution in [0.1, 0.15) is 16.0 Å². The van der Waals surface area contributed by atoms with Gasteiger partial charge in [0.15, 0.2) is 0 Å². The molecule has 2 heterocycles. The number of rotatable bonds is 3. The second-order valence-electron chi connectivity index (χ2n) is 5.45. The summed E-state index contributed by atoms with van der Waals surface area (Å²) >= 11 is 1.81. The van der Waals surface area contributed by atoms with Gasteiger partial charge >= 0.3 is 0 Å². The van der Waals surface area contributed by atoms with Gasteiger partial charge in [0.1, 0.15) is 0 Å². The quantitative estimate of drug-likeness (QED) is 0.857. The fraction of sp³-hybridized carbons (Fsp3) is 0.312. The average Bonchev–Trinajstić information content (AvgIpc) is 2.90. The molecule has 1 aromatic heterocycles. The number of nitrogens with one attached hydrogen (secondary N) is 1. The van der Waals surface area contributed by atoms with Gasteiger partial charge in [-0.2, -0.15) is 0 Å². The monoisotopic (exact) mass is 301 g/mol. The van der Waals surface area contributed by atoms with Gasteiger partial charge in [-0.3, -0.25) is 9.69 Å². The first-order valence-electron chi connectivity index (χ1n) is 7.05. The van der Waals surface area contributed by atoms with Crippen molar-refractivity contribution in [2.24, 2.45) is 0 Å². The smallest absolute Gasteiger partial charge is 0.238 e. The molecule has 0 spiro atoms. The van der Waals surface area contributed by atoms with E-state index in [2.05, 4.69) is 21.7 Å². The summed E-state index contributed by atoms with van der Waals surface area (Å²) in [6, 6.07) is 7.77. The molecule has 2 aromatic rings. The summed E-state index contributed by atoms with van der Waals surface area (Å²) < 4.78 is 0. The van der Waals surface area contributed by atoms with Gasteiger partial charge in [0, 0.05) is 29.3 Å². The van der Waals surface area contributed by atoms with Crippen molar-refractivity contribution in [2.45, 2.75) is 19.9 Å². The summed E-state index contributed by atoms with van der Waals surface area (Å²) in [5.41, 5.74) is 9.71. The lowest BCUT2D eigenvalue weighted by Gasteiger charge is -2.26. The molecule has 1 aliphatic rings. The zero-order chi connectivity index (χ0) is 14.8. The zero-order valence-electron chi connectivity index (χ0n) is 12.1. The molecule has 0 atom stereocenters. The Hall–Kier alpha value is -1.85. The molecule has 0 fully saturated rings. The summed E-state index contributed by atoms with van der Waals surface area (Å²) in [7, 11) is 0. The molecule has 1 aliphatic heterocycles. The van der Waals surface area contributed by atoms with Gasteiger partial charge in [0.2, 0.25) is 5.91 Å². The highest BCUT2D eigenvalue weighted by Gasteiger charge is 2.19. The van der Waals surface area contributed by atoms with E-state index in [1.807, 2.05) is 30.4 Å². The van der Waals surface area contributed by atoms with Crippen molar-refractivity contribution in [1.29, 1.82) is 0 Å². The fourth-order valence-corrected chi connectivity index (χ4v) is 3.45. The Kier molecular flexibility index (Phi) is 3.94. The van der Waals surface area contributed by atoms with Crippen molar-refractivity contribution in [3.63, 3.8) is 0 Å². The molecule has 1 amide bonds. The predicted molar refractivity (Wildman–Crippen MR) is 87.5 cm³/mol. The highest BCUT2D eigenvalue weighted by atomic mass is 32.1. The Bertz CT molecular complexity index is 665.